The van der Waals surface area contributed by atoms with E-state index in [2.05, 4.69) is 17.2 Å². The number of amides is 3. The number of hydrogen-bond donors (Lipinski definition) is 3. The Morgan fingerprint density at radius 2 is 2.03 bits per heavy atom. The maximum atomic E-state index is 13.0. The number of carbonyl (C=O) groups is 4. The molecule has 2 rings (SSSR count). The zero-order chi connectivity index (χ0) is 22.6. The van der Waals surface area contributed by atoms with E-state index in [4.69, 9.17) is 0 Å². The van der Waals surface area contributed by atoms with Crippen LogP contribution in [0.25, 0.3) is 0 Å². The average Bonchev–Trinajstić information content (AvgIpc) is 2.93. The lowest BCUT2D eigenvalue weighted by atomic mass is 9.95. The number of carboxylic acids is 1. The topological polar surface area (TPSA) is 116 Å². The van der Waals surface area contributed by atoms with Crippen LogP contribution >= 0.6 is 11.8 Å². The smallest absolute Gasteiger partial charge is 0.327 e. The molecular weight excluding hydrogens is 406 g/mol. The number of aliphatic carboxylic acids is 1. The highest BCUT2D eigenvalue weighted by Crippen LogP contribution is 2.50. The molecule has 3 N–H and O–H groups in total. The number of nitrogens with one attached hydrogen (secondary N) is 2. The highest BCUT2D eigenvalue weighted by Gasteiger charge is 2.64. The SMILES string of the molecule is C=C/C=C\C(=C/C)C(NC(=O)CCC)C(=O)NC1C(=O)N2C1SC(C)(C)C2C(=O)O. The predicted molar refractivity (Wildman–Crippen MR) is 116 cm³/mol. The van der Waals surface area contributed by atoms with Crippen LogP contribution in [-0.2, 0) is 19.2 Å². The van der Waals surface area contributed by atoms with Crippen LogP contribution in [0.3, 0.4) is 0 Å². The fraction of sp³-hybridized carbons (Fsp3) is 0.524. The monoisotopic (exact) mass is 435 g/mol. The summed E-state index contributed by atoms with van der Waals surface area (Å²) in [5, 5.41) is 14.5. The molecule has 0 aromatic heterocycles. The molecule has 9 heteroatoms. The zero-order valence-electron chi connectivity index (χ0n) is 17.7. The summed E-state index contributed by atoms with van der Waals surface area (Å²) in [7, 11) is 0. The molecular formula is C21H29N3O5S. The maximum absolute atomic E-state index is 13.0. The summed E-state index contributed by atoms with van der Waals surface area (Å²) >= 11 is 1.35. The Morgan fingerprint density at radius 3 is 2.57 bits per heavy atom. The average molecular weight is 436 g/mol. The van der Waals surface area contributed by atoms with Crippen molar-refractivity contribution in [3.05, 3.63) is 36.5 Å². The molecule has 2 heterocycles. The number of thioether (sulfide) groups is 1. The van der Waals surface area contributed by atoms with Gasteiger partial charge in [0.1, 0.15) is 23.5 Å². The first kappa shape index (κ1) is 23.7. The third kappa shape index (κ3) is 4.61. The van der Waals surface area contributed by atoms with Gasteiger partial charge in [-0.25, -0.2) is 4.79 Å². The van der Waals surface area contributed by atoms with Crippen molar-refractivity contribution in [3.63, 3.8) is 0 Å². The van der Waals surface area contributed by atoms with Crippen molar-refractivity contribution in [2.24, 2.45) is 0 Å². The number of rotatable bonds is 9. The van der Waals surface area contributed by atoms with Crippen LogP contribution in [0.4, 0.5) is 0 Å². The van der Waals surface area contributed by atoms with E-state index >= 15 is 0 Å². The first-order valence-corrected chi connectivity index (χ1v) is 10.7. The summed E-state index contributed by atoms with van der Waals surface area (Å²) in [5.41, 5.74) is 0.559. The summed E-state index contributed by atoms with van der Waals surface area (Å²) in [4.78, 5) is 50.8. The van der Waals surface area contributed by atoms with Crippen molar-refractivity contribution in [1.82, 2.24) is 15.5 Å². The Bertz CT molecular complexity index is 804. The van der Waals surface area contributed by atoms with Gasteiger partial charge in [0, 0.05) is 11.2 Å². The Kier molecular flexibility index (Phi) is 7.52. The first-order chi connectivity index (χ1) is 14.1. The van der Waals surface area contributed by atoms with Crippen LogP contribution in [-0.4, -0.2) is 61.9 Å². The van der Waals surface area contributed by atoms with Gasteiger partial charge in [0.15, 0.2) is 0 Å². The van der Waals surface area contributed by atoms with Gasteiger partial charge in [-0.1, -0.05) is 37.8 Å². The number of carbonyl (C=O) groups excluding carboxylic acids is 3. The lowest BCUT2D eigenvalue weighted by Gasteiger charge is -2.44. The normalized spacial score (nSPS) is 26.0. The number of allylic oxidation sites excluding steroid dienone is 3. The lowest BCUT2D eigenvalue weighted by molar-refractivity contribution is -0.161. The summed E-state index contributed by atoms with van der Waals surface area (Å²) < 4.78 is -0.679. The third-order valence-electron chi connectivity index (χ3n) is 5.11. The second kappa shape index (κ2) is 9.51. The van der Waals surface area contributed by atoms with Crippen LogP contribution in [0.15, 0.2) is 36.5 Å². The van der Waals surface area contributed by atoms with Crippen molar-refractivity contribution >= 4 is 35.5 Å². The third-order valence-corrected chi connectivity index (χ3v) is 6.68. The van der Waals surface area contributed by atoms with Crippen molar-refractivity contribution in [1.29, 1.82) is 0 Å². The molecule has 0 bridgehead atoms. The van der Waals surface area contributed by atoms with Gasteiger partial charge in [-0.05, 0) is 32.8 Å². The molecule has 0 saturated carbocycles. The van der Waals surface area contributed by atoms with Gasteiger partial charge >= 0.3 is 5.97 Å². The minimum atomic E-state index is -1.07. The highest BCUT2D eigenvalue weighted by molar-refractivity contribution is 8.01. The van der Waals surface area contributed by atoms with Crippen LogP contribution in [0.2, 0.25) is 0 Å². The molecule has 0 aromatic rings. The van der Waals surface area contributed by atoms with E-state index in [1.165, 1.54) is 16.7 Å². The molecule has 0 spiro atoms. The van der Waals surface area contributed by atoms with Gasteiger partial charge in [-0.3, -0.25) is 14.4 Å². The molecule has 2 aliphatic heterocycles. The summed E-state index contributed by atoms with van der Waals surface area (Å²) in [6.07, 6.45) is 7.50. The largest absolute Gasteiger partial charge is 0.480 e. The van der Waals surface area contributed by atoms with Crippen LogP contribution in [0.5, 0.6) is 0 Å². The van der Waals surface area contributed by atoms with E-state index < -0.39 is 46.0 Å². The van der Waals surface area contributed by atoms with E-state index in [1.807, 2.05) is 6.92 Å². The summed E-state index contributed by atoms with van der Waals surface area (Å²) in [6.45, 7) is 10.8. The lowest BCUT2D eigenvalue weighted by Crippen LogP contribution is -2.71. The molecule has 2 saturated heterocycles. The fourth-order valence-corrected chi connectivity index (χ4v) is 5.31. The summed E-state index contributed by atoms with van der Waals surface area (Å²) in [6, 6.07) is -2.75. The molecule has 164 valence electrons. The van der Waals surface area contributed by atoms with E-state index in [0.29, 0.717) is 12.0 Å². The number of hydrogen-bond acceptors (Lipinski definition) is 5. The molecule has 2 fully saturated rings. The number of fused-ring (bicyclic) bond motifs is 1. The van der Waals surface area contributed by atoms with E-state index in [9.17, 15) is 24.3 Å². The van der Waals surface area contributed by atoms with Gasteiger partial charge in [-0.15, -0.1) is 11.8 Å². The Labute approximate surface area is 180 Å². The molecule has 30 heavy (non-hydrogen) atoms. The molecule has 0 aromatic carbocycles. The van der Waals surface area contributed by atoms with Crippen LogP contribution in [0, 0.1) is 0 Å². The molecule has 4 unspecified atom stereocenters. The second-order valence-electron chi connectivity index (χ2n) is 7.72. The second-order valence-corrected chi connectivity index (χ2v) is 9.49. The van der Waals surface area contributed by atoms with E-state index in [-0.39, 0.29) is 12.3 Å². The Morgan fingerprint density at radius 1 is 1.37 bits per heavy atom. The van der Waals surface area contributed by atoms with Gasteiger partial charge in [-0.2, -0.15) is 0 Å². The minimum absolute atomic E-state index is 0.270. The summed E-state index contributed by atoms with van der Waals surface area (Å²) in [5.74, 6) is -2.28. The molecule has 0 aliphatic carbocycles. The standard InChI is InChI=1S/C21H29N3O5S/c1-6-9-11-12(8-3)14(22-13(25)10-7-2)17(26)23-15-18(27)24-16(20(28)29)21(4,5)30-19(15)24/h6,8-9,11,14-16,19H,1,7,10H2,2-5H3,(H,22,25)(H,23,26)(H,28,29)/b11-9-,12-8+. The maximum Gasteiger partial charge on any atom is 0.327 e. The first-order valence-electron chi connectivity index (χ1n) is 9.86. The van der Waals surface area contributed by atoms with Gasteiger partial charge in [0.05, 0.1) is 0 Å². The highest BCUT2D eigenvalue weighted by atomic mass is 32.2. The van der Waals surface area contributed by atoms with Crippen molar-refractivity contribution in [2.75, 3.05) is 0 Å². The number of β-lactam (4-membered cyclic amide) rings is 1. The molecule has 3 amide bonds. The Hall–Kier alpha value is -2.55. The number of carboxylic acid groups (broad SMARTS) is 1. The van der Waals surface area contributed by atoms with Gasteiger partial charge in [0.2, 0.25) is 17.7 Å². The van der Waals surface area contributed by atoms with Crippen molar-refractivity contribution in [3.8, 4) is 0 Å². The molecule has 2 aliphatic rings. The van der Waals surface area contributed by atoms with Crippen LogP contribution in [0.1, 0.15) is 40.5 Å². The predicted octanol–water partition coefficient (Wildman–Crippen LogP) is 1.59. The molecule has 4 atom stereocenters. The van der Waals surface area contributed by atoms with Gasteiger partial charge < -0.3 is 20.6 Å². The molecule has 8 nitrogen and oxygen atoms in total. The van der Waals surface area contributed by atoms with E-state index in [0.717, 1.165) is 0 Å². The molecule has 0 radical (unpaired) electrons. The van der Waals surface area contributed by atoms with Gasteiger partial charge in [0.25, 0.3) is 0 Å². The van der Waals surface area contributed by atoms with E-state index in [1.54, 1.807) is 45.1 Å². The quantitative estimate of drug-likeness (QED) is 0.374. The zero-order valence-corrected chi connectivity index (χ0v) is 18.5. The minimum Gasteiger partial charge on any atom is -0.480 e. The van der Waals surface area contributed by atoms with Crippen molar-refractivity contribution in [2.45, 2.75) is 68.8 Å². The van der Waals surface area contributed by atoms with Crippen molar-refractivity contribution < 1.29 is 24.3 Å². The fourth-order valence-electron chi connectivity index (χ4n) is 3.68. The number of nitrogens with zero attached hydrogens (tertiary/aromatic N) is 1. The Balaban J connectivity index is 2.20. The van der Waals surface area contributed by atoms with Crippen LogP contribution < -0.4 is 10.6 Å².